The molecule has 2 rings (SSSR count). The van der Waals surface area contributed by atoms with Gasteiger partial charge < -0.3 is 5.32 Å². The van der Waals surface area contributed by atoms with Gasteiger partial charge in [0.2, 0.25) is 5.91 Å². The first kappa shape index (κ1) is 14.9. The van der Waals surface area contributed by atoms with E-state index in [-0.39, 0.29) is 5.91 Å². The summed E-state index contributed by atoms with van der Waals surface area (Å²) < 4.78 is 0. The number of hydrogen-bond acceptors (Lipinski definition) is 3. The maximum absolute atomic E-state index is 11.8. The summed E-state index contributed by atoms with van der Waals surface area (Å²) in [5, 5.41) is 11.8. The maximum atomic E-state index is 11.8. The molecule has 0 heterocycles. The molecule has 1 aromatic rings. The van der Waals surface area contributed by atoms with Gasteiger partial charge in [0.15, 0.2) is 0 Å². The van der Waals surface area contributed by atoms with E-state index in [1.54, 1.807) is 11.8 Å². The van der Waals surface area contributed by atoms with Crippen LogP contribution in [0.25, 0.3) is 0 Å². The lowest BCUT2D eigenvalue weighted by Gasteiger charge is -2.22. The summed E-state index contributed by atoms with van der Waals surface area (Å²) in [5.74, 6) is 1.47. The fraction of sp³-hybridized carbons (Fsp3) is 0.500. The number of carbonyl (C=O) groups excluding carboxylic acids is 1. The highest BCUT2D eigenvalue weighted by Crippen LogP contribution is 2.18. The lowest BCUT2D eigenvalue weighted by Crippen LogP contribution is -2.37. The van der Waals surface area contributed by atoms with Gasteiger partial charge in [0.1, 0.15) is 0 Å². The van der Waals surface area contributed by atoms with Crippen molar-refractivity contribution in [3.8, 4) is 6.07 Å². The standard InChI is InChI=1S/C16H20N2OS/c17-10-13-6-8-14(9-7-13)11-20-12-16(19)18-15-4-2-1-3-5-15/h6-9,15H,1-5,11-12H2,(H,18,19). The van der Waals surface area contributed by atoms with Gasteiger partial charge in [-0.25, -0.2) is 0 Å². The van der Waals surface area contributed by atoms with E-state index in [0.29, 0.717) is 17.4 Å². The van der Waals surface area contributed by atoms with Crippen molar-refractivity contribution in [2.45, 2.75) is 43.9 Å². The van der Waals surface area contributed by atoms with E-state index < -0.39 is 0 Å². The third kappa shape index (κ3) is 4.90. The average molecular weight is 288 g/mol. The van der Waals surface area contributed by atoms with Gasteiger partial charge in [-0.05, 0) is 30.5 Å². The van der Waals surface area contributed by atoms with Crippen LogP contribution in [0.5, 0.6) is 0 Å². The molecule has 0 radical (unpaired) electrons. The molecule has 4 heteroatoms. The molecule has 1 aliphatic rings. The first-order chi connectivity index (χ1) is 9.78. The van der Waals surface area contributed by atoms with Gasteiger partial charge in [-0.3, -0.25) is 4.79 Å². The minimum absolute atomic E-state index is 0.149. The first-order valence-electron chi connectivity index (χ1n) is 7.14. The Labute approximate surface area is 124 Å². The fourth-order valence-corrected chi connectivity index (χ4v) is 3.25. The van der Waals surface area contributed by atoms with Crippen molar-refractivity contribution in [3.63, 3.8) is 0 Å². The van der Waals surface area contributed by atoms with Crippen molar-refractivity contribution in [3.05, 3.63) is 35.4 Å². The monoisotopic (exact) mass is 288 g/mol. The molecule has 1 fully saturated rings. The normalized spacial score (nSPS) is 15.6. The third-order valence-corrected chi connectivity index (χ3v) is 4.56. The molecule has 1 N–H and O–H groups in total. The number of thioether (sulfide) groups is 1. The Morgan fingerprint density at radius 2 is 1.95 bits per heavy atom. The Balaban J connectivity index is 1.66. The van der Waals surface area contributed by atoms with Crippen molar-refractivity contribution in [2.75, 3.05) is 5.75 Å². The highest BCUT2D eigenvalue weighted by molar-refractivity contribution is 7.99. The van der Waals surface area contributed by atoms with E-state index >= 15 is 0 Å². The number of nitriles is 1. The van der Waals surface area contributed by atoms with Gasteiger partial charge >= 0.3 is 0 Å². The van der Waals surface area contributed by atoms with Crippen molar-refractivity contribution < 1.29 is 4.79 Å². The molecular weight excluding hydrogens is 268 g/mol. The SMILES string of the molecule is N#Cc1ccc(CSCC(=O)NC2CCCCC2)cc1. The zero-order chi connectivity index (χ0) is 14.2. The van der Waals surface area contributed by atoms with Crippen molar-refractivity contribution in [2.24, 2.45) is 0 Å². The van der Waals surface area contributed by atoms with E-state index in [2.05, 4.69) is 11.4 Å². The Hall–Kier alpha value is -1.47. The van der Waals surface area contributed by atoms with E-state index in [1.165, 1.54) is 19.3 Å². The molecule has 1 aliphatic carbocycles. The zero-order valence-corrected chi connectivity index (χ0v) is 12.4. The predicted octanol–water partition coefficient (Wildman–Crippen LogP) is 3.24. The molecule has 1 aromatic carbocycles. The molecule has 0 bridgehead atoms. The highest BCUT2D eigenvalue weighted by Gasteiger charge is 2.15. The summed E-state index contributed by atoms with van der Waals surface area (Å²) in [7, 11) is 0. The number of hydrogen-bond donors (Lipinski definition) is 1. The van der Waals surface area contributed by atoms with Crippen LogP contribution in [0.1, 0.15) is 43.2 Å². The van der Waals surface area contributed by atoms with Crippen molar-refractivity contribution in [1.82, 2.24) is 5.32 Å². The Kier molecular flexibility index (Phi) is 5.94. The van der Waals surface area contributed by atoms with Gasteiger partial charge in [0, 0.05) is 11.8 Å². The minimum Gasteiger partial charge on any atom is -0.353 e. The quantitative estimate of drug-likeness (QED) is 0.905. The summed E-state index contributed by atoms with van der Waals surface area (Å²) in [6.07, 6.45) is 6.05. The maximum Gasteiger partial charge on any atom is 0.230 e. The van der Waals surface area contributed by atoms with Gasteiger partial charge in [0.25, 0.3) is 0 Å². The molecule has 0 spiro atoms. The van der Waals surface area contributed by atoms with Crippen LogP contribution >= 0.6 is 11.8 Å². The second kappa shape index (κ2) is 7.96. The molecule has 0 unspecified atom stereocenters. The molecule has 0 aromatic heterocycles. The number of amides is 1. The number of nitrogens with one attached hydrogen (secondary N) is 1. The molecule has 1 saturated carbocycles. The zero-order valence-electron chi connectivity index (χ0n) is 11.6. The Morgan fingerprint density at radius 3 is 2.60 bits per heavy atom. The summed E-state index contributed by atoms with van der Waals surface area (Å²) in [6, 6.07) is 10.0. The van der Waals surface area contributed by atoms with Crippen LogP contribution in [-0.2, 0) is 10.5 Å². The van der Waals surface area contributed by atoms with Crippen LogP contribution in [-0.4, -0.2) is 17.7 Å². The molecule has 0 atom stereocenters. The van der Waals surface area contributed by atoms with Crippen LogP contribution in [0.15, 0.2) is 24.3 Å². The van der Waals surface area contributed by atoms with Crippen LogP contribution in [0.3, 0.4) is 0 Å². The fourth-order valence-electron chi connectivity index (χ4n) is 2.45. The molecular formula is C16H20N2OS. The van der Waals surface area contributed by atoms with Crippen LogP contribution in [0.4, 0.5) is 0 Å². The molecule has 20 heavy (non-hydrogen) atoms. The first-order valence-corrected chi connectivity index (χ1v) is 8.29. The number of rotatable bonds is 5. The lowest BCUT2D eigenvalue weighted by atomic mass is 9.95. The summed E-state index contributed by atoms with van der Waals surface area (Å²) >= 11 is 1.62. The van der Waals surface area contributed by atoms with Crippen molar-refractivity contribution in [1.29, 1.82) is 5.26 Å². The topological polar surface area (TPSA) is 52.9 Å². The molecule has 0 aliphatic heterocycles. The third-order valence-electron chi connectivity index (χ3n) is 3.56. The smallest absolute Gasteiger partial charge is 0.230 e. The van der Waals surface area contributed by atoms with E-state index in [1.807, 2.05) is 24.3 Å². The summed E-state index contributed by atoms with van der Waals surface area (Å²) in [5.41, 5.74) is 1.83. The second-order valence-electron chi connectivity index (χ2n) is 5.20. The highest BCUT2D eigenvalue weighted by atomic mass is 32.2. The van der Waals surface area contributed by atoms with E-state index in [9.17, 15) is 4.79 Å². The number of carbonyl (C=O) groups is 1. The largest absolute Gasteiger partial charge is 0.353 e. The summed E-state index contributed by atoms with van der Waals surface area (Å²) in [4.78, 5) is 11.8. The number of benzene rings is 1. The van der Waals surface area contributed by atoms with Crippen LogP contribution in [0.2, 0.25) is 0 Å². The average Bonchev–Trinajstić information content (AvgIpc) is 2.49. The predicted molar refractivity (Wildman–Crippen MR) is 82.3 cm³/mol. The van der Waals surface area contributed by atoms with Crippen LogP contribution < -0.4 is 5.32 Å². The van der Waals surface area contributed by atoms with Gasteiger partial charge in [-0.15, -0.1) is 11.8 Å². The van der Waals surface area contributed by atoms with Gasteiger partial charge in [-0.2, -0.15) is 5.26 Å². The second-order valence-corrected chi connectivity index (χ2v) is 6.19. The summed E-state index contributed by atoms with van der Waals surface area (Å²) in [6.45, 7) is 0. The Bertz CT molecular complexity index is 472. The number of nitrogens with zero attached hydrogens (tertiary/aromatic N) is 1. The van der Waals surface area contributed by atoms with Crippen LogP contribution in [0, 0.1) is 11.3 Å². The molecule has 0 saturated heterocycles. The van der Waals surface area contributed by atoms with Gasteiger partial charge in [-0.1, -0.05) is 31.4 Å². The molecule has 1 amide bonds. The van der Waals surface area contributed by atoms with Crippen molar-refractivity contribution >= 4 is 17.7 Å². The van der Waals surface area contributed by atoms with Gasteiger partial charge in [0.05, 0.1) is 17.4 Å². The molecule has 106 valence electrons. The Morgan fingerprint density at radius 1 is 1.25 bits per heavy atom. The van der Waals surface area contributed by atoms with E-state index in [0.717, 1.165) is 24.2 Å². The lowest BCUT2D eigenvalue weighted by molar-refractivity contribution is -0.119. The minimum atomic E-state index is 0.149. The molecule has 3 nitrogen and oxygen atoms in total. The van der Waals surface area contributed by atoms with E-state index in [4.69, 9.17) is 5.26 Å².